The highest BCUT2D eigenvalue weighted by molar-refractivity contribution is 5.95. The number of esters is 1. The third-order valence-electron chi connectivity index (χ3n) is 4.84. The van der Waals surface area contributed by atoms with E-state index in [9.17, 15) is 19.2 Å². The SMILES string of the molecule is Cc1ccc(NC(=O)CN(C)C(=O)COC(=O)Cc2nn(C)c(=O)c3ccccc23)cc1. The van der Waals surface area contributed by atoms with Crippen LogP contribution in [-0.4, -0.2) is 52.7 Å². The lowest BCUT2D eigenvalue weighted by molar-refractivity contribution is -0.151. The molecule has 0 spiro atoms. The van der Waals surface area contributed by atoms with Gasteiger partial charge in [0.15, 0.2) is 6.61 Å². The van der Waals surface area contributed by atoms with E-state index in [0.717, 1.165) is 10.2 Å². The highest BCUT2D eigenvalue weighted by Crippen LogP contribution is 2.14. The molecule has 0 bridgehead atoms. The zero-order chi connectivity index (χ0) is 23.3. The molecule has 2 aromatic carbocycles. The Labute approximate surface area is 184 Å². The van der Waals surface area contributed by atoms with Crippen molar-refractivity contribution in [1.82, 2.24) is 14.7 Å². The molecule has 2 amide bonds. The normalized spacial score (nSPS) is 10.6. The molecule has 0 saturated heterocycles. The van der Waals surface area contributed by atoms with E-state index >= 15 is 0 Å². The smallest absolute Gasteiger partial charge is 0.312 e. The molecule has 0 unspecified atom stereocenters. The van der Waals surface area contributed by atoms with Crippen molar-refractivity contribution < 1.29 is 19.1 Å². The molecule has 32 heavy (non-hydrogen) atoms. The lowest BCUT2D eigenvalue weighted by atomic mass is 10.1. The maximum Gasteiger partial charge on any atom is 0.312 e. The average molecular weight is 436 g/mol. The summed E-state index contributed by atoms with van der Waals surface area (Å²) in [6.45, 7) is 1.25. The van der Waals surface area contributed by atoms with Gasteiger partial charge in [0.25, 0.3) is 11.5 Å². The zero-order valence-corrected chi connectivity index (χ0v) is 18.1. The lowest BCUT2D eigenvalue weighted by Gasteiger charge is -2.17. The van der Waals surface area contributed by atoms with Crippen molar-refractivity contribution in [3.63, 3.8) is 0 Å². The van der Waals surface area contributed by atoms with Crippen LogP contribution in [0.25, 0.3) is 10.8 Å². The molecule has 1 heterocycles. The molecule has 0 fully saturated rings. The Morgan fingerprint density at radius 3 is 2.41 bits per heavy atom. The summed E-state index contributed by atoms with van der Waals surface area (Å²) in [4.78, 5) is 50.0. The van der Waals surface area contributed by atoms with E-state index < -0.39 is 18.5 Å². The zero-order valence-electron chi connectivity index (χ0n) is 18.1. The monoisotopic (exact) mass is 436 g/mol. The van der Waals surface area contributed by atoms with Crippen LogP contribution < -0.4 is 10.9 Å². The Hall–Kier alpha value is -4.01. The van der Waals surface area contributed by atoms with E-state index in [1.165, 1.54) is 19.0 Å². The minimum Gasteiger partial charge on any atom is -0.455 e. The van der Waals surface area contributed by atoms with Crippen molar-refractivity contribution in [1.29, 1.82) is 0 Å². The molecule has 0 radical (unpaired) electrons. The Morgan fingerprint density at radius 2 is 1.72 bits per heavy atom. The number of rotatable bonds is 7. The topological polar surface area (TPSA) is 111 Å². The molecule has 3 rings (SSSR count). The summed E-state index contributed by atoms with van der Waals surface area (Å²) in [5.41, 5.74) is 1.81. The molecule has 0 saturated carbocycles. The number of likely N-dealkylation sites (N-methyl/N-ethyl adjacent to an activating group) is 1. The first-order valence-corrected chi connectivity index (χ1v) is 9.95. The molecule has 0 aliphatic carbocycles. The molecular weight excluding hydrogens is 412 g/mol. The van der Waals surface area contributed by atoms with Gasteiger partial charge in [0.2, 0.25) is 5.91 Å². The number of benzene rings is 2. The standard InChI is InChI=1S/C23H24N4O5/c1-15-8-10-16(11-9-15)24-20(28)13-26(2)21(29)14-32-22(30)12-19-17-6-4-5-7-18(17)23(31)27(3)25-19/h4-11H,12-14H2,1-3H3,(H,24,28). The molecule has 166 valence electrons. The van der Waals surface area contributed by atoms with Crippen molar-refractivity contribution in [3.8, 4) is 0 Å². The van der Waals surface area contributed by atoms with Gasteiger partial charge in [-0.3, -0.25) is 19.2 Å². The van der Waals surface area contributed by atoms with Crippen molar-refractivity contribution in [2.45, 2.75) is 13.3 Å². The molecule has 1 N–H and O–H groups in total. The predicted molar refractivity (Wildman–Crippen MR) is 119 cm³/mol. The molecule has 1 aromatic heterocycles. The van der Waals surface area contributed by atoms with Crippen molar-refractivity contribution in [2.75, 3.05) is 25.5 Å². The first kappa shape index (κ1) is 22.7. The van der Waals surface area contributed by atoms with Crippen LogP contribution in [-0.2, 0) is 32.6 Å². The van der Waals surface area contributed by atoms with E-state index in [-0.39, 0.29) is 24.4 Å². The van der Waals surface area contributed by atoms with Gasteiger partial charge in [0.05, 0.1) is 24.0 Å². The summed E-state index contributed by atoms with van der Waals surface area (Å²) in [5.74, 6) is -1.54. The van der Waals surface area contributed by atoms with Gasteiger partial charge in [-0.2, -0.15) is 5.10 Å². The van der Waals surface area contributed by atoms with E-state index in [1.54, 1.807) is 36.4 Å². The number of fused-ring (bicyclic) bond motifs is 1. The number of aryl methyl sites for hydroxylation is 2. The molecule has 0 atom stereocenters. The van der Waals surface area contributed by atoms with Crippen LogP contribution in [0.1, 0.15) is 11.3 Å². The average Bonchev–Trinajstić information content (AvgIpc) is 2.77. The van der Waals surface area contributed by atoms with Crippen LogP contribution in [0.2, 0.25) is 0 Å². The minimum atomic E-state index is -0.660. The quantitative estimate of drug-likeness (QED) is 0.561. The predicted octanol–water partition coefficient (Wildman–Crippen LogP) is 1.42. The number of ether oxygens (including phenoxy) is 1. The third-order valence-corrected chi connectivity index (χ3v) is 4.84. The van der Waals surface area contributed by atoms with Crippen LogP contribution in [0.3, 0.4) is 0 Å². The van der Waals surface area contributed by atoms with E-state index in [2.05, 4.69) is 10.4 Å². The fourth-order valence-electron chi connectivity index (χ4n) is 3.09. The van der Waals surface area contributed by atoms with Gasteiger partial charge < -0.3 is 15.0 Å². The molecular formula is C23H24N4O5. The van der Waals surface area contributed by atoms with Crippen LogP contribution in [0.4, 0.5) is 5.69 Å². The maximum absolute atomic E-state index is 12.3. The Bertz CT molecular complexity index is 1220. The fourth-order valence-corrected chi connectivity index (χ4v) is 3.09. The second-order valence-corrected chi connectivity index (χ2v) is 7.42. The van der Waals surface area contributed by atoms with Crippen molar-refractivity contribution in [3.05, 3.63) is 70.1 Å². The third kappa shape index (κ3) is 5.57. The summed E-state index contributed by atoms with van der Waals surface area (Å²) < 4.78 is 6.23. The maximum atomic E-state index is 12.3. The minimum absolute atomic E-state index is 0.183. The van der Waals surface area contributed by atoms with Gasteiger partial charge in [0.1, 0.15) is 0 Å². The number of anilines is 1. The molecule has 0 aliphatic rings. The van der Waals surface area contributed by atoms with Crippen LogP contribution >= 0.6 is 0 Å². The molecule has 3 aromatic rings. The number of amides is 2. The largest absolute Gasteiger partial charge is 0.455 e. The Balaban J connectivity index is 1.53. The number of hydrogen-bond donors (Lipinski definition) is 1. The van der Waals surface area contributed by atoms with E-state index in [1.807, 2.05) is 19.1 Å². The first-order chi connectivity index (χ1) is 15.2. The van der Waals surface area contributed by atoms with Crippen molar-refractivity contribution >= 4 is 34.2 Å². The second kappa shape index (κ2) is 9.86. The number of nitrogens with zero attached hydrogens (tertiary/aromatic N) is 3. The lowest BCUT2D eigenvalue weighted by Crippen LogP contribution is -2.37. The van der Waals surface area contributed by atoms with Gasteiger partial charge >= 0.3 is 5.97 Å². The highest BCUT2D eigenvalue weighted by Gasteiger charge is 2.17. The van der Waals surface area contributed by atoms with Gasteiger partial charge in [-0.1, -0.05) is 35.9 Å². The van der Waals surface area contributed by atoms with E-state index in [4.69, 9.17) is 4.74 Å². The molecule has 0 aliphatic heterocycles. The van der Waals surface area contributed by atoms with Gasteiger partial charge in [0, 0.05) is 25.2 Å². The van der Waals surface area contributed by atoms with Crippen LogP contribution in [0.5, 0.6) is 0 Å². The first-order valence-electron chi connectivity index (χ1n) is 9.95. The number of carbonyl (C=O) groups excluding carboxylic acids is 3. The highest BCUT2D eigenvalue weighted by atomic mass is 16.5. The van der Waals surface area contributed by atoms with Crippen LogP contribution in [0, 0.1) is 6.92 Å². The summed E-state index contributed by atoms with van der Waals surface area (Å²) >= 11 is 0. The van der Waals surface area contributed by atoms with Gasteiger partial charge in [-0.25, -0.2) is 4.68 Å². The summed E-state index contributed by atoms with van der Waals surface area (Å²) in [6.07, 6.45) is -0.195. The number of nitrogens with one attached hydrogen (secondary N) is 1. The van der Waals surface area contributed by atoms with Gasteiger partial charge in [-0.15, -0.1) is 0 Å². The molecule has 9 heteroatoms. The Morgan fingerprint density at radius 1 is 1.06 bits per heavy atom. The van der Waals surface area contributed by atoms with Gasteiger partial charge in [-0.05, 0) is 25.1 Å². The van der Waals surface area contributed by atoms with Crippen molar-refractivity contribution in [2.24, 2.45) is 7.05 Å². The Kier molecular flexibility index (Phi) is 6.99. The number of carbonyl (C=O) groups is 3. The van der Waals surface area contributed by atoms with Crippen LogP contribution in [0.15, 0.2) is 53.3 Å². The van der Waals surface area contributed by atoms with E-state index in [0.29, 0.717) is 22.2 Å². The summed E-state index contributed by atoms with van der Waals surface area (Å²) in [5, 5.41) is 7.85. The summed E-state index contributed by atoms with van der Waals surface area (Å²) in [7, 11) is 2.96. The number of aromatic nitrogens is 2. The summed E-state index contributed by atoms with van der Waals surface area (Å²) in [6, 6.07) is 14.1. The fraction of sp³-hybridized carbons (Fsp3) is 0.261. The second-order valence-electron chi connectivity index (χ2n) is 7.42. The molecule has 9 nitrogen and oxygen atoms in total. The number of hydrogen-bond acceptors (Lipinski definition) is 6.